The molecular formula is C27H34N2O5. The first kappa shape index (κ1) is 25.3. The van der Waals surface area contributed by atoms with Crippen molar-refractivity contribution in [2.45, 2.75) is 45.4 Å². The van der Waals surface area contributed by atoms with Gasteiger partial charge in [-0.2, -0.15) is 0 Å². The smallest absolute Gasteiger partial charge is 0.407 e. The molecule has 0 radical (unpaired) electrons. The van der Waals surface area contributed by atoms with Crippen LogP contribution in [-0.2, 0) is 14.3 Å². The van der Waals surface area contributed by atoms with Gasteiger partial charge in [0.2, 0.25) is 5.91 Å². The molecule has 0 spiro atoms. The van der Waals surface area contributed by atoms with Crippen molar-refractivity contribution >= 4 is 18.0 Å². The Morgan fingerprint density at radius 2 is 1.59 bits per heavy atom. The molecular weight excluding hydrogens is 432 g/mol. The Kier molecular flexibility index (Phi) is 9.08. The molecule has 0 saturated carbocycles. The van der Waals surface area contributed by atoms with E-state index in [-0.39, 0.29) is 36.7 Å². The van der Waals surface area contributed by atoms with Crippen LogP contribution in [0.25, 0.3) is 11.1 Å². The van der Waals surface area contributed by atoms with Crippen molar-refractivity contribution in [2.75, 3.05) is 19.7 Å². The van der Waals surface area contributed by atoms with E-state index in [4.69, 9.17) is 9.84 Å². The van der Waals surface area contributed by atoms with Gasteiger partial charge in [-0.3, -0.25) is 9.59 Å². The Balaban J connectivity index is 1.43. The Morgan fingerprint density at radius 3 is 2.18 bits per heavy atom. The van der Waals surface area contributed by atoms with Gasteiger partial charge in [-0.05, 0) is 40.5 Å². The number of carbonyl (C=O) groups excluding carboxylic acids is 2. The van der Waals surface area contributed by atoms with Crippen LogP contribution >= 0.6 is 0 Å². The first-order chi connectivity index (χ1) is 16.4. The number of hydrogen-bond donors (Lipinski definition) is 3. The molecule has 1 aliphatic carbocycles. The highest BCUT2D eigenvalue weighted by Gasteiger charge is 2.29. The summed E-state index contributed by atoms with van der Waals surface area (Å²) in [6, 6.07) is 16.4. The van der Waals surface area contributed by atoms with Crippen molar-refractivity contribution in [1.29, 1.82) is 0 Å². The second-order valence-corrected chi connectivity index (χ2v) is 9.03. The van der Waals surface area contributed by atoms with Gasteiger partial charge in [0.05, 0.1) is 0 Å². The molecule has 7 heteroatoms. The summed E-state index contributed by atoms with van der Waals surface area (Å²) in [6.45, 7) is 4.95. The molecule has 2 atom stereocenters. The maximum absolute atomic E-state index is 12.4. The second kappa shape index (κ2) is 12.2. The zero-order valence-corrected chi connectivity index (χ0v) is 19.9. The molecule has 0 aromatic heterocycles. The van der Waals surface area contributed by atoms with E-state index >= 15 is 0 Å². The molecule has 0 saturated heterocycles. The molecule has 7 nitrogen and oxygen atoms in total. The Morgan fingerprint density at radius 1 is 0.971 bits per heavy atom. The highest BCUT2D eigenvalue weighted by molar-refractivity contribution is 5.79. The maximum Gasteiger partial charge on any atom is 0.407 e. The summed E-state index contributed by atoms with van der Waals surface area (Å²) in [6.07, 6.45) is 1.18. The number of aliphatic carboxylic acids is 1. The molecule has 0 bridgehead atoms. The molecule has 0 heterocycles. The summed E-state index contributed by atoms with van der Waals surface area (Å²) in [5, 5.41) is 14.4. The second-order valence-electron chi connectivity index (χ2n) is 9.03. The normalized spacial score (nSPS) is 13.9. The highest BCUT2D eigenvalue weighted by Crippen LogP contribution is 2.44. The number of fused-ring (bicyclic) bond motifs is 3. The first-order valence-electron chi connectivity index (χ1n) is 12.0. The van der Waals surface area contributed by atoms with Crippen molar-refractivity contribution in [2.24, 2.45) is 11.8 Å². The lowest BCUT2D eigenvalue weighted by atomic mass is 9.98. The fraction of sp³-hybridized carbons (Fsp3) is 0.444. The Labute approximate surface area is 200 Å². The third kappa shape index (κ3) is 6.83. The third-order valence-corrected chi connectivity index (χ3v) is 6.43. The van der Waals surface area contributed by atoms with E-state index in [0.29, 0.717) is 25.9 Å². The predicted octanol–water partition coefficient (Wildman–Crippen LogP) is 4.56. The molecule has 182 valence electrons. The molecule has 3 N–H and O–H groups in total. The fourth-order valence-corrected chi connectivity index (χ4v) is 4.33. The monoisotopic (exact) mass is 466 g/mol. The lowest BCUT2D eigenvalue weighted by molar-refractivity contribution is -0.137. The van der Waals surface area contributed by atoms with Crippen LogP contribution in [-0.4, -0.2) is 42.8 Å². The summed E-state index contributed by atoms with van der Waals surface area (Å²) in [7, 11) is 0. The van der Waals surface area contributed by atoms with Gasteiger partial charge in [0, 0.05) is 31.8 Å². The minimum atomic E-state index is -0.830. The average molecular weight is 467 g/mol. The van der Waals surface area contributed by atoms with Gasteiger partial charge in [0.1, 0.15) is 6.61 Å². The minimum absolute atomic E-state index is 0.00481. The van der Waals surface area contributed by atoms with Gasteiger partial charge in [-0.15, -0.1) is 0 Å². The van der Waals surface area contributed by atoms with Crippen LogP contribution in [0.15, 0.2) is 48.5 Å². The zero-order valence-electron chi connectivity index (χ0n) is 19.9. The van der Waals surface area contributed by atoms with Gasteiger partial charge in [0.25, 0.3) is 0 Å². The van der Waals surface area contributed by atoms with E-state index in [1.807, 2.05) is 38.1 Å². The lowest BCUT2D eigenvalue weighted by Gasteiger charge is -2.18. The number of carboxylic acids is 1. The number of nitrogens with one attached hydrogen (secondary N) is 2. The summed E-state index contributed by atoms with van der Waals surface area (Å²) in [4.78, 5) is 35.3. The van der Waals surface area contributed by atoms with Crippen molar-refractivity contribution in [3.63, 3.8) is 0 Å². The lowest BCUT2D eigenvalue weighted by Crippen LogP contribution is -2.35. The predicted molar refractivity (Wildman–Crippen MR) is 131 cm³/mol. The molecule has 2 amide bonds. The van der Waals surface area contributed by atoms with Gasteiger partial charge in [-0.25, -0.2) is 4.79 Å². The van der Waals surface area contributed by atoms with Gasteiger partial charge < -0.3 is 20.5 Å². The number of ether oxygens (including phenoxy) is 1. The summed E-state index contributed by atoms with van der Waals surface area (Å²) >= 11 is 0. The molecule has 0 fully saturated rings. The van der Waals surface area contributed by atoms with Crippen LogP contribution in [0, 0.1) is 11.8 Å². The molecule has 3 rings (SSSR count). The fourth-order valence-electron chi connectivity index (χ4n) is 4.33. The van der Waals surface area contributed by atoms with Crippen LogP contribution in [0.4, 0.5) is 4.79 Å². The molecule has 2 aromatic carbocycles. The van der Waals surface area contributed by atoms with E-state index in [1.165, 1.54) is 11.1 Å². The molecule has 2 unspecified atom stereocenters. The van der Waals surface area contributed by atoms with E-state index in [0.717, 1.165) is 17.5 Å². The number of alkyl carbamates (subject to hydrolysis) is 1. The zero-order chi connectivity index (χ0) is 24.5. The molecule has 34 heavy (non-hydrogen) atoms. The summed E-state index contributed by atoms with van der Waals surface area (Å²) < 4.78 is 5.57. The number of carbonyl (C=O) groups is 3. The highest BCUT2D eigenvalue weighted by atomic mass is 16.5. The van der Waals surface area contributed by atoms with Crippen LogP contribution in [0.1, 0.15) is 56.6 Å². The SMILES string of the molecule is CCC(CNC(=O)OCC1c2ccccc2-c2ccccc21)CC(=O)NCC(C)CCC(=O)O. The number of benzene rings is 2. The van der Waals surface area contributed by atoms with Crippen molar-refractivity contribution in [1.82, 2.24) is 10.6 Å². The number of hydrogen-bond acceptors (Lipinski definition) is 4. The molecule has 2 aromatic rings. The molecule has 0 aliphatic heterocycles. The quantitative estimate of drug-likeness (QED) is 0.425. The third-order valence-electron chi connectivity index (χ3n) is 6.43. The first-order valence-corrected chi connectivity index (χ1v) is 12.0. The van der Waals surface area contributed by atoms with E-state index < -0.39 is 12.1 Å². The van der Waals surface area contributed by atoms with E-state index in [2.05, 4.69) is 34.9 Å². The van der Waals surface area contributed by atoms with Crippen LogP contribution in [0.5, 0.6) is 0 Å². The molecule has 1 aliphatic rings. The number of carboxylic acid groups (broad SMARTS) is 1. The van der Waals surface area contributed by atoms with Gasteiger partial charge in [-0.1, -0.05) is 68.8 Å². The van der Waals surface area contributed by atoms with E-state index in [1.54, 1.807) is 0 Å². The Bertz CT molecular complexity index is 961. The van der Waals surface area contributed by atoms with Gasteiger partial charge >= 0.3 is 12.1 Å². The summed E-state index contributed by atoms with van der Waals surface area (Å²) in [5.41, 5.74) is 4.69. The standard InChI is InChI=1S/C27H34N2O5/c1-3-19(14-25(30)28-15-18(2)12-13-26(31)32)16-29-27(33)34-17-24-22-10-6-4-8-20(22)21-9-5-7-11-23(21)24/h4-11,18-19,24H,3,12-17H2,1-2H3,(H,28,30)(H,29,33)(H,31,32). The largest absolute Gasteiger partial charge is 0.481 e. The van der Waals surface area contributed by atoms with Crippen LogP contribution < -0.4 is 10.6 Å². The summed E-state index contributed by atoms with van der Waals surface area (Å²) in [5.74, 6) is -0.824. The minimum Gasteiger partial charge on any atom is -0.481 e. The van der Waals surface area contributed by atoms with Crippen LogP contribution in [0.3, 0.4) is 0 Å². The topological polar surface area (TPSA) is 105 Å². The van der Waals surface area contributed by atoms with E-state index in [9.17, 15) is 14.4 Å². The number of amides is 2. The Hall–Kier alpha value is -3.35. The van der Waals surface area contributed by atoms with Gasteiger partial charge in [0.15, 0.2) is 0 Å². The average Bonchev–Trinajstić information content (AvgIpc) is 3.16. The maximum atomic E-state index is 12.4. The number of rotatable bonds is 12. The van der Waals surface area contributed by atoms with Crippen molar-refractivity contribution in [3.8, 4) is 11.1 Å². The van der Waals surface area contributed by atoms with Crippen molar-refractivity contribution in [3.05, 3.63) is 59.7 Å². The van der Waals surface area contributed by atoms with Crippen molar-refractivity contribution < 1.29 is 24.2 Å². The van der Waals surface area contributed by atoms with Crippen LogP contribution in [0.2, 0.25) is 0 Å².